The van der Waals surface area contributed by atoms with E-state index in [2.05, 4.69) is 0 Å². The van der Waals surface area contributed by atoms with Crippen LogP contribution in [0.5, 0.6) is 0 Å². The molecule has 0 amide bonds. The molecular formula is C14H23NO3S. The van der Waals surface area contributed by atoms with E-state index in [0.717, 1.165) is 18.4 Å². The van der Waals surface area contributed by atoms with Crippen LogP contribution in [0.3, 0.4) is 0 Å². The topological polar surface area (TPSA) is 80.4 Å². The van der Waals surface area contributed by atoms with Crippen LogP contribution in [-0.4, -0.2) is 32.4 Å². The fraction of sp³-hybridized carbons (Fsp3) is 0.571. The molecule has 1 aromatic rings. The molecular weight excluding hydrogens is 262 g/mol. The summed E-state index contributed by atoms with van der Waals surface area (Å²) in [7, 11) is -3.16. The number of benzene rings is 1. The maximum Gasteiger partial charge on any atom is 0.178 e. The molecule has 0 bridgehead atoms. The zero-order valence-corrected chi connectivity index (χ0v) is 12.2. The lowest BCUT2D eigenvalue weighted by Crippen LogP contribution is -2.18. The number of nitrogens with two attached hydrogens (primary N) is 1. The molecule has 3 N–H and O–H groups in total. The van der Waals surface area contributed by atoms with Crippen molar-refractivity contribution in [2.24, 2.45) is 11.7 Å². The van der Waals surface area contributed by atoms with Gasteiger partial charge < -0.3 is 10.8 Å². The molecule has 1 atom stereocenters. The molecule has 108 valence electrons. The van der Waals surface area contributed by atoms with E-state index in [9.17, 15) is 8.42 Å². The molecule has 0 fully saturated rings. The van der Waals surface area contributed by atoms with Gasteiger partial charge in [0, 0.05) is 6.61 Å². The molecule has 4 nitrogen and oxygen atoms in total. The predicted molar refractivity (Wildman–Crippen MR) is 76.7 cm³/mol. The highest BCUT2D eigenvalue weighted by atomic mass is 32.2. The van der Waals surface area contributed by atoms with Crippen molar-refractivity contribution in [1.82, 2.24) is 0 Å². The number of sulfone groups is 1. The molecule has 0 aliphatic heterocycles. The minimum absolute atomic E-state index is 0.0737. The molecule has 0 heterocycles. The first-order valence-corrected chi connectivity index (χ1v) is 8.31. The molecule has 1 rings (SSSR count). The summed E-state index contributed by atoms with van der Waals surface area (Å²) in [6.45, 7) is 2.38. The van der Waals surface area contributed by atoms with Gasteiger partial charge in [-0.25, -0.2) is 8.42 Å². The van der Waals surface area contributed by atoms with Crippen LogP contribution in [-0.2, 0) is 16.3 Å². The van der Waals surface area contributed by atoms with Crippen LogP contribution in [0.4, 0.5) is 0 Å². The molecule has 1 aromatic carbocycles. The van der Waals surface area contributed by atoms with Crippen LogP contribution in [0.15, 0.2) is 29.2 Å². The SMILES string of the molecule is CCCS(=O)(=O)c1cccc(CCC(CN)CO)c1. The first kappa shape index (κ1) is 16.1. The van der Waals surface area contributed by atoms with E-state index in [1.165, 1.54) is 0 Å². The molecule has 0 spiro atoms. The van der Waals surface area contributed by atoms with Crippen LogP contribution in [0.2, 0.25) is 0 Å². The largest absolute Gasteiger partial charge is 0.396 e. The van der Waals surface area contributed by atoms with Gasteiger partial charge in [-0.05, 0) is 49.4 Å². The first-order valence-electron chi connectivity index (χ1n) is 6.66. The Bertz CT molecular complexity index is 481. The van der Waals surface area contributed by atoms with Crippen LogP contribution in [0, 0.1) is 5.92 Å². The second kappa shape index (κ2) is 7.62. The van der Waals surface area contributed by atoms with E-state index < -0.39 is 9.84 Å². The van der Waals surface area contributed by atoms with Gasteiger partial charge in [0.2, 0.25) is 0 Å². The van der Waals surface area contributed by atoms with Crippen molar-refractivity contribution in [3.8, 4) is 0 Å². The van der Waals surface area contributed by atoms with E-state index in [1.807, 2.05) is 13.0 Å². The lowest BCUT2D eigenvalue weighted by molar-refractivity contribution is 0.223. The average molecular weight is 285 g/mol. The smallest absolute Gasteiger partial charge is 0.178 e. The highest BCUT2D eigenvalue weighted by Gasteiger charge is 2.13. The number of aliphatic hydroxyl groups is 1. The van der Waals surface area contributed by atoms with E-state index in [-0.39, 0.29) is 18.3 Å². The molecule has 19 heavy (non-hydrogen) atoms. The first-order chi connectivity index (χ1) is 9.03. The normalized spacial score (nSPS) is 13.4. The van der Waals surface area contributed by atoms with E-state index >= 15 is 0 Å². The minimum atomic E-state index is -3.16. The van der Waals surface area contributed by atoms with Crippen molar-refractivity contribution in [3.05, 3.63) is 29.8 Å². The fourth-order valence-corrected chi connectivity index (χ4v) is 3.33. The van der Waals surface area contributed by atoms with Crippen LogP contribution in [0.1, 0.15) is 25.3 Å². The Morgan fingerprint density at radius 1 is 1.37 bits per heavy atom. The zero-order valence-electron chi connectivity index (χ0n) is 11.4. The van der Waals surface area contributed by atoms with Gasteiger partial charge in [0.05, 0.1) is 10.6 Å². The van der Waals surface area contributed by atoms with Crippen LogP contribution in [0.25, 0.3) is 0 Å². The molecule has 0 saturated carbocycles. The molecule has 1 unspecified atom stereocenters. The Morgan fingerprint density at radius 3 is 2.68 bits per heavy atom. The number of hydrogen-bond donors (Lipinski definition) is 2. The van der Waals surface area contributed by atoms with Gasteiger partial charge in [-0.1, -0.05) is 19.1 Å². The Hall–Kier alpha value is -0.910. The van der Waals surface area contributed by atoms with Crippen molar-refractivity contribution >= 4 is 9.84 Å². The standard InChI is InChI=1S/C14H23NO3S/c1-2-8-19(17,18)14-5-3-4-12(9-14)6-7-13(10-15)11-16/h3-5,9,13,16H,2,6-8,10-11,15H2,1H3. The highest BCUT2D eigenvalue weighted by Crippen LogP contribution is 2.16. The second-order valence-electron chi connectivity index (χ2n) is 4.79. The maximum atomic E-state index is 12.0. The van der Waals surface area contributed by atoms with Gasteiger partial charge in [0.25, 0.3) is 0 Å². The lowest BCUT2D eigenvalue weighted by atomic mass is 10.0. The van der Waals surface area contributed by atoms with E-state index in [4.69, 9.17) is 10.8 Å². The fourth-order valence-electron chi connectivity index (χ4n) is 1.94. The predicted octanol–water partition coefficient (Wildman–Crippen LogP) is 1.37. The van der Waals surface area contributed by atoms with Crippen molar-refractivity contribution in [2.75, 3.05) is 18.9 Å². The lowest BCUT2D eigenvalue weighted by Gasteiger charge is -2.11. The average Bonchev–Trinajstić information content (AvgIpc) is 2.40. The van der Waals surface area contributed by atoms with Crippen molar-refractivity contribution < 1.29 is 13.5 Å². The van der Waals surface area contributed by atoms with Gasteiger partial charge in [-0.2, -0.15) is 0 Å². The number of aryl methyl sites for hydroxylation is 1. The monoisotopic (exact) mass is 285 g/mol. The molecule has 0 saturated heterocycles. The summed E-state index contributed by atoms with van der Waals surface area (Å²) in [5.74, 6) is 0.259. The Kier molecular flexibility index (Phi) is 6.48. The van der Waals surface area contributed by atoms with Crippen LogP contribution < -0.4 is 5.73 Å². The molecule has 0 aliphatic rings. The Morgan fingerprint density at radius 2 is 2.11 bits per heavy atom. The summed E-state index contributed by atoms with van der Waals surface area (Å²) >= 11 is 0. The molecule has 5 heteroatoms. The summed E-state index contributed by atoms with van der Waals surface area (Å²) in [6, 6.07) is 7.06. The molecule has 0 aliphatic carbocycles. The number of aliphatic hydroxyl groups excluding tert-OH is 1. The van der Waals surface area contributed by atoms with Gasteiger partial charge in [-0.3, -0.25) is 0 Å². The van der Waals surface area contributed by atoms with Gasteiger partial charge in [-0.15, -0.1) is 0 Å². The van der Waals surface area contributed by atoms with Gasteiger partial charge in [0.15, 0.2) is 9.84 Å². The minimum Gasteiger partial charge on any atom is -0.396 e. The van der Waals surface area contributed by atoms with Crippen molar-refractivity contribution in [3.63, 3.8) is 0 Å². The second-order valence-corrected chi connectivity index (χ2v) is 6.90. The third kappa shape index (κ3) is 4.93. The highest BCUT2D eigenvalue weighted by molar-refractivity contribution is 7.91. The summed E-state index contributed by atoms with van der Waals surface area (Å²) in [5, 5.41) is 9.08. The molecule has 0 aromatic heterocycles. The third-order valence-corrected chi connectivity index (χ3v) is 5.08. The zero-order chi connectivity index (χ0) is 14.3. The summed E-state index contributed by atoms with van der Waals surface area (Å²) < 4.78 is 23.9. The van der Waals surface area contributed by atoms with E-state index in [0.29, 0.717) is 17.9 Å². The Balaban J connectivity index is 2.78. The van der Waals surface area contributed by atoms with Crippen LogP contribution >= 0.6 is 0 Å². The van der Waals surface area contributed by atoms with Gasteiger partial charge in [0.1, 0.15) is 0 Å². The summed E-state index contributed by atoms with van der Waals surface area (Å²) in [4.78, 5) is 0.389. The van der Waals surface area contributed by atoms with E-state index in [1.54, 1.807) is 18.2 Å². The van der Waals surface area contributed by atoms with Crippen molar-refractivity contribution in [1.29, 1.82) is 0 Å². The number of rotatable bonds is 8. The van der Waals surface area contributed by atoms with Crippen molar-refractivity contribution in [2.45, 2.75) is 31.1 Å². The quantitative estimate of drug-likeness (QED) is 0.756. The molecule has 0 radical (unpaired) electrons. The number of hydrogen-bond acceptors (Lipinski definition) is 4. The third-order valence-electron chi connectivity index (χ3n) is 3.16. The van der Waals surface area contributed by atoms with Gasteiger partial charge >= 0.3 is 0 Å². The summed E-state index contributed by atoms with van der Waals surface area (Å²) in [5.41, 5.74) is 6.51. The summed E-state index contributed by atoms with van der Waals surface area (Å²) in [6.07, 6.45) is 2.12. The Labute approximate surface area is 115 Å². The maximum absolute atomic E-state index is 12.0.